The highest BCUT2D eigenvalue weighted by atomic mass is 16.6. The summed E-state index contributed by atoms with van der Waals surface area (Å²) in [5, 5.41) is 14.6. The van der Waals surface area contributed by atoms with Gasteiger partial charge in [-0.05, 0) is 39.3 Å². The average Bonchev–Trinajstić information content (AvgIpc) is 2.38. The number of benzene rings is 1. The number of hydrogen-bond donors (Lipinski definition) is 1. The second kappa shape index (κ2) is 8.49. The molecule has 1 rings (SSSR count). The lowest BCUT2D eigenvalue weighted by atomic mass is 10.1. The quantitative estimate of drug-likeness (QED) is 0.405. The Labute approximate surface area is 126 Å². The molecule has 118 valence electrons. The Morgan fingerprint density at radius 2 is 2.00 bits per heavy atom. The summed E-state index contributed by atoms with van der Waals surface area (Å²) in [6.45, 7) is 7.93. The first-order chi connectivity index (χ1) is 9.95. The Morgan fingerprint density at radius 3 is 2.57 bits per heavy atom. The van der Waals surface area contributed by atoms with Crippen molar-refractivity contribution in [3.05, 3.63) is 28.3 Å². The molecular weight excluding hydrogens is 268 g/mol. The fraction of sp³-hybridized carbons (Fsp3) is 0.625. The van der Waals surface area contributed by atoms with Crippen LogP contribution in [0.2, 0.25) is 0 Å². The topological polar surface area (TPSA) is 64.4 Å². The van der Waals surface area contributed by atoms with E-state index < -0.39 is 0 Å². The maximum atomic E-state index is 11.4. The molecule has 0 heterocycles. The molecule has 0 aliphatic rings. The molecule has 0 saturated carbocycles. The molecule has 1 N–H and O–H groups in total. The van der Waals surface area contributed by atoms with Gasteiger partial charge in [-0.25, -0.2) is 0 Å². The van der Waals surface area contributed by atoms with E-state index in [1.165, 1.54) is 12.8 Å². The summed E-state index contributed by atoms with van der Waals surface area (Å²) < 4.78 is 5.55. The number of unbranched alkanes of at least 4 members (excludes halogenated alkanes) is 2. The molecule has 0 aliphatic heterocycles. The number of nitro groups is 1. The zero-order valence-electron chi connectivity index (χ0n) is 13.4. The summed E-state index contributed by atoms with van der Waals surface area (Å²) in [6.07, 6.45) is 4.39. The maximum absolute atomic E-state index is 11.4. The SMILES string of the molecule is CCCCCC(C)Nc1cccc(OC(C)C)c1[N+](=O)[O-]. The lowest BCUT2D eigenvalue weighted by Gasteiger charge is -2.17. The molecule has 1 atom stereocenters. The normalized spacial score (nSPS) is 12.2. The molecule has 0 bridgehead atoms. The van der Waals surface area contributed by atoms with Crippen LogP contribution in [0.4, 0.5) is 11.4 Å². The van der Waals surface area contributed by atoms with Crippen molar-refractivity contribution in [3.63, 3.8) is 0 Å². The van der Waals surface area contributed by atoms with Crippen molar-refractivity contribution in [2.75, 3.05) is 5.32 Å². The number of ether oxygens (including phenoxy) is 1. The Morgan fingerprint density at radius 1 is 1.29 bits per heavy atom. The van der Waals surface area contributed by atoms with Crippen molar-refractivity contribution >= 4 is 11.4 Å². The first kappa shape index (κ1) is 17.3. The molecule has 0 saturated heterocycles. The third-order valence-corrected chi connectivity index (χ3v) is 3.19. The number of nitrogens with zero attached hydrogens (tertiary/aromatic N) is 1. The van der Waals surface area contributed by atoms with Gasteiger partial charge in [-0.15, -0.1) is 0 Å². The van der Waals surface area contributed by atoms with Crippen LogP contribution in [0.1, 0.15) is 53.4 Å². The van der Waals surface area contributed by atoms with Crippen LogP contribution in [0.5, 0.6) is 5.75 Å². The Hall–Kier alpha value is -1.78. The van der Waals surface area contributed by atoms with E-state index in [9.17, 15) is 10.1 Å². The van der Waals surface area contributed by atoms with E-state index in [1.807, 2.05) is 13.8 Å². The van der Waals surface area contributed by atoms with E-state index in [2.05, 4.69) is 19.2 Å². The predicted molar refractivity (Wildman–Crippen MR) is 86.1 cm³/mol. The average molecular weight is 294 g/mol. The van der Waals surface area contributed by atoms with Gasteiger partial charge in [0, 0.05) is 6.04 Å². The van der Waals surface area contributed by atoms with Crippen molar-refractivity contribution in [2.45, 2.75) is 65.5 Å². The molecule has 1 unspecified atom stereocenters. The van der Waals surface area contributed by atoms with Gasteiger partial charge in [0.25, 0.3) is 0 Å². The van der Waals surface area contributed by atoms with Gasteiger partial charge >= 0.3 is 5.69 Å². The zero-order chi connectivity index (χ0) is 15.8. The summed E-state index contributed by atoms with van der Waals surface area (Å²) in [6, 6.07) is 5.36. The van der Waals surface area contributed by atoms with E-state index in [1.54, 1.807) is 18.2 Å². The lowest BCUT2D eigenvalue weighted by molar-refractivity contribution is -0.385. The fourth-order valence-electron chi connectivity index (χ4n) is 2.21. The molecule has 0 amide bonds. The largest absolute Gasteiger partial charge is 0.484 e. The highest BCUT2D eigenvalue weighted by molar-refractivity contribution is 5.68. The highest BCUT2D eigenvalue weighted by Crippen LogP contribution is 2.35. The molecule has 5 nitrogen and oxygen atoms in total. The van der Waals surface area contributed by atoms with E-state index in [4.69, 9.17) is 4.74 Å². The summed E-state index contributed by atoms with van der Waals surface area (Å²) >= 11 is 0. The van der Waals surface area contributed by atoms with Crippen LogP contribution in [0.25, 0.3) is 0 Å². The number of nitro benzene ring substituents is 1. The van der Waals surface area contributed by atoms with Gasteiger partial charge in [-0.1, -0.05) is 32.3 Å². The fourth-order valence-corrected chi connectivity index (χ4v) is 2.21. The third-order valence-electron chi connectivity index (χ3n) is 3.19. The van der Waals surface area contributed by atoms with Gasteiger partial charge < -0.3 is 10.1 Å². The second-order valence-electron chi connectivity index (χ2n) is 5.62. The number of anilines is 1. The minimum absolute atomic E-state index is 0.0218. The number of para-hydroxylation sites is 1. The predicted octanol–water partition coefficient (Wildman–Crippen LogP) is 4.76. The molecule has 0 spiro atoms. The molecule has 1 aromatic rings. The van der Waals surface area contributed by atoms with Gasteiger partial charge in [0.15, 0.2) is 5.75 Å². The van der Waals surface area contributed by atoms with Crippen LogP contribution in [0, 0.1) is 10.1 Å². The Kier molecular flexibility index (Phi) is 6.99. The molecule has 0 aromatic heterocycles. The summed E-state index contributed by atoms with van der Waals surface area (Å²) in [5.74, 6) is 0.320. The lowest BCUT2D eigenvalue weighted by Crippen LogP contribution is -2.16. The van der Waals surface area contributed by atoms with Gasteiger partial charge in [-0.2, -0.15) is 0 Å². The van der Waals surface area contributed by atoms with E-state index in [-0.39, 0.29) is 22.8 Å². The monoisotopic (exact) mass is 294 g/mol. The van der Waals surface area contributed by atoms with E-state index in [0.29, 0.717) is 11.4 Å². The standard InChI is InChI=1S/C16H26N2O3/c1-5-6-7-9-13(4)17-14-10-8-11-15(21-12(2)3)16(14)18(19)20/h8,10-13,17H,5-7,9H2,1-4H3. The molecule has 0 radical (unpaired) electrons. The molecular formula is C16H26N2O3. The third kappa shape index (κ3) is 5.61. The molecule has 0 fully saturated rings. The van der Waals surface area contributed by atoms with Crippen molar-refractivity contribution in [1.82, 2.24) is 0 Å². The van der Waals surface area contributed by atoms with Crippen LogP contribution in [0.15, 0.2) is 18.2 Å². The Bertz CT molecular complexity index is 461. The minimum atomic E-state index is -0.376. The van der Waals surface area contributed by atoms with E-state index >= 15 is 0 Å². The van der Waals surface area contributed by atoms with Crippen LogP contribution in [0.3, 0.4) is 0 Å². The molecule has 21 heavy (non-hydrogen) atoms. The van der Waals surface area contributed by atoms with Crippen molar-refractivity contribution in [1.29, 1.82) is 0 Å². The van der Waals surface area contributed by atoms with Crippen molar-refractivity contribution in [2.24, 2.45) is 0 Å². The summed E-state index contributed by atoms with van der Waals surface area (Å²) in [4.78, 5) is 11.0. The van der Waals surface area contributed by atoms with Gasteiger partial charge in [0.1, 0.15) is 5.69 Å². The van der Waals surface area contributed by atoms with Gasteiger partial charge in [-0.3, -0.25) is 10.1 Å². The zero-order valence-corrected chi connectivity index (χ0v) is 13.4. The van der Waals surface area contributed by atoms with Crippen LogP contribution >= 0.6 is 0 Å². The minimum Gasteiger partial charge on any atom is -0.484 e. The molecule has 5 heteroatoms. The maximum Gasteiger partial charge on any atom is 0.333 e. The van der Waals surface area contributed by atoms with E-state index in [0.717, 1.165) is 12.8 Å². The number of nitrogens with one attached hydrogen (secondary N) is 1. The van der Waals surface area contributed by atoms with Crippen LogP contribution in [-0.4, -0.2) is 17.1 Å². The van der Waals surface area contributed by atoms with Gasteiger partial charge in [0.2, 0.25) is 0 Å². The molecule has 1 aromatic carbocycles. The second-order valence-corrected chi connectivity index (χ2v) is 5.62. The first-order valence-corrected chi connectivity index (χ1v) is 7.66. The van der Waals surface area contributed by atoms with Crippen molar-refractivity contribution < 1.29 is 9.66 Å². The summed E-state index contributed by atoms with van der Waals surface area (Å²) in [5.41, 5.74) is 0.552. The number of hydrogen-bond acceptors (Lipinski definition) is 4. The molecule has 0 aliphatic carbocycles. The van der Waals surface area contributed by atoms with Crippen LogP contribution in [-0.2, 0) is 0 Å². The number of rotatable bonds is 9. The Balaban J connectivity index is 2.88. The smallest absolute Gasteiger partial charge is 0.333 e. The van der Waals surface area contributed by atoms with Crippen LogP contribution < -0.4 is 10.1 Å². The first-order valence-electron chi connectivity index (χ1n) is 7.66. The van der Waals surface area contributed by atoms with Crippen molar-refractivity contribution in [3.8, 4) is 5.75 Å². The summed E-state index contributed by atoms with van der Waals surface area (Å²) in [7, 11) is 0. The van der Waals surface area contributed by atoms with Gasteiger partial charge in [0.05, 0.1) is 11.0 Å². The highest BCUT2D eigenvalue weighted by Gasteiger charge is 2.22.